The third kappa shape index (κ3) is 3.51. The molecule has 19 heavy (non-hydrogen) atoms. The van der Waals surface area contributed by atoms with Gasteiger partial charge in [0.1, 0.15) is 5.82 Å². The minimum Gasteiger partial charge on any atom is -0.481 e. The lowest BCUT2D eigenvalue weighted by Crippen LogP contribution is -2.04. The largest absolute Gasteiger partial charge is 0.481 e. The van der Waals surface area contributed by atoms with Crippen molar-refractivity contribution in [2.24, 2.45) is 0 Å². The van der Waals surface area contributed by atoms with Gasteiger partial charge in [-0.1, -0.05) is 6.58 Å². The maximum Gasteiger partial charge on any atom is 0.304 e. The summed E-state index contributed by atoms with van der Waals surface area (Å²) in [4.78, 5) is 22.3. The second-order valence-electron chi connectivity index (χ2n) is 4.11. The highest BCUT2D eigenvalue weighted by Gasteiger charge is 2.15. The van der Waals surface area contributed by atoms with Crippen LogP contribution in [0, 0.1) is 0 Å². The fourth-order valence-corrected chi connectivity index (χ4v) is 2.51. The number of thioether (sulfide) groups is 1. The number of carboxylic acids is 1. The van der Waals surface area contributed by atoms with E-state index in [0.717, 1.165) is 11.4 Å². The molecule has 0 aromatic heterocycles. The molecule has 6 heteroatoms. The van der Waals surface area contributed by atoms with Gasteiger partial charge >= 0.3 is 5.97 Å². The first-order chi connectivity index (χ1) is 9.06. The summed E-state index contributed by atoms with van der Waals surface area (Å²) in [6.07, 6.45) is 0.0768. The van der Waals surface area contributed by atoms with Gasteiger partial charge in [-0.15, -0.1) is 0 Å². The third-order valence-electron chi connectivity index (χ3n) is 2.61. The summed E-state index contributed by atoms with van der Waals surface area (Å²) in [6.45, 7) is 3.75. The summed E-state index contributed by atoms with van der Waals surface area (Å²) in [5.74, 6) is 0.586. The van der Waals surface area contributed by atoms with Gasteiger partial charge in [-0.2, -0.15) is 11.8 Å². The van der Waals surface area contributed by atoms with E-state index in [-0.39, 0.29) is 12.2 Å². The maximum absolute atomic E-state index is 11.9. The van der Waals surface area contributed by atoms with Gasteiger partial charge in [-0.3, -0.25) is 9.59 Å². The monoisotopic (exact) mass is 278 g/mol. The molecule has 0 amide bonds. The predicted molar refractivity (Wildman–Crippen MR) is 76.7 cm³/mol. The van der Waals surface area contributed by atoms with Crippen molar-refractivity contribution in [1.82, 2.24) is 0 Å². The molecule has 0 radical (unpaired) electrons. The number of fused-ring (bicyclic) bond motifs is 1. The Morgan fingerprint density at radius 1 is 1.26 bits per heavy atom. The van der Waals surface area contributed by atoms with Crippen LogP contribution < -0.4 is 10.6 Å². The molecule has 1 aliphatic heterocycles. The van der Waals surface area contributed by atoms with Crippen LogP contribution in [0.25, 0.3) is 0 Å². The van der Waals surface area contributed by atoms with Crippen molar-refractivity contribution in [3.63, 3.8) is 0 Å². The van der Waals surface area contributed by atoms with E-state index in [1.54, 1.807) is 12.1 Å². The molecule has 0 unspecified atom stereocenters. The first kappa shape index (κ1) is 13.5. The highest BCUT2D eigenvalue weighted by Crippen LogP contribution is 2.30. The highest BCUT2D eigenvalue weighted by molar-refractivity contribution is 8.00. The molecule has 5 nitrogen and oxygen atoms in total. The number of Topliss-reactive ketones (excluding diaryl/α,β-unsaturated/α-hetero) is 1. The summed E-state index contributed by atoms with van der Waals surface area (Å²) < 4.78 is 0. The summed E-state index contributed by atoms with van der Waals surface area (Å²) >= 11 is 1.33. The second kappa shape index (κ2) is 5.79. The van der Waals surface area contributed by atoms with Crippen LogP contribution in [0.2, 0.25) is 0 Å². The zero-order chi connectivity index (χ0) is 13.8. The van der Waals surface area contributed by atoms with Crippen LogP contribution in [0.4, 0.5) is 11.4 Å². The minimum absolute atomic E-state index is 0.00231. The fraction of sp³-hybridized carbons (Fsp3) is 0.231. The average Bonchev–Trinajstić information content (AvgIpc) is 2.73. The van der Waals surface area contributed by atoms with Gasteiger partial charge in [0.2, 0.25) is 0 Å². The first-order valence-electron chi connectivity index (χ1n) is 5.76. The van der Waals surface area contributed by atoms with Crippen molar-refractivity contribution >= 4 is 34.9 Å². The summed E-state index contributed by atoms with van der Waals surface area (Å²) in [6, 6.07) is 5.36. The van der Waals surface area contributed by atoms with Crippen molar-refractivity contribution in [2.45, 2.75) is 6.42 Å². The van der Waals surface area contributed by atoms with Gasteiger partial charge in [-0.05, 0) is 18.2 Å². The number of hydrogen-bond donors (Lipinski definition) is 3. The number of hydrogen-bond acceptors (Lipinski definition) is 5. The Kier molecular flexibility index (Phi) is 4.11. The van der Waals surface area contributed by atoms with Crippen LogP contribution in [-0.2, 0) is 4.79 Å². The normalized spacial score (nSPS) is 12.5. The lowest BCUT2D eigenvalue weighted by atomic mass is 10.1. The zero-order valence-electron chi connectivity index (χ0n) is 10.2. The molecule has 2 rings (SSSR count). The lowest BCUT2D eigenvalue weighted by molar-refractivity contribution is -0.136. The molecule has 1 heterocycles. The Bertz CT molecular complexity index is 543. The molecule has 100 valence electrons. The van der Waals surface area contributed by atoms with Crippen LogP contribution in [0.1, 0.15) is 16.8 Å². The minimum atomic E-state index is -0.841. The lowest BCUT2D eigenvalue weighted by Gasteiger charge is -2.03. The van der Waals surface area contributed by atoms with Crippen molar-refractivity contribution < 1.29 is 14.7 Å². The SMILES string of the molecule is C=C1Nc2ccc(C(=O)CSCCC(=O)O)cc2N1. The van der Waals surface area contributed by atoms with Gasteiger partial charge < -0.3 is 15.7 Å². The van der Waals surface area contributed by atoms with Crippen LogP contribution in [0.5, 0.6) is 0 Å². The second-order valence-corrected chi connectivity index (χ2v) is 5.21. The van der Waals surface area contributed by atoms with Gasteiger partial charge in [0.25, 0.3) is 0 Å². The van der Waals surface area contributed by atoms with Crippen molar-refractivity contribution in [1.29, 1.82) is 0 Å². The number of benzene rings is 1. The van der Waals surface area contributed by atoms with E-state index < -0.39 is 5.97 Å². The molecule has 0 saturated carbocycles. The zero-order valence-corrected chi connectivity index (χ0v) is 11.0. The number of ketones is 1. The molecule has 1 aliphatic rings. The maximum atomic E-state index is 11.9. The average molecular weight is 278 g/mol. The van der Waals surface area contributed by atoms with E-state index in [1.165, 1.54) is 11.8 Å². The molecule has 0 atom stereocenters. The third-order valence-corrected chi connectivity index (χ3v) is 3.57. The number of carboxylic acid groups (broad SMARTS) is 1. The van der Waals surface area contributed by atoms with Gasteiger partial charge in [0, 0.05) is 11.3 Å². The van der Waals surface area contributed by atoms with E-state index in [0.29, 0.717) is 22.9 Å². The fourth-order valence-electron chi connectivity index (χ4n) is 1.69. The standard InChI is InChI=1S/C13H14N2O3S/c1-8-14-10-3-2-9(6-11(10)15-8)12(16)7-19-5-4-13(17)18/h2-3,6,14-15H,1,4-5,7H2,(H,17,18). The van der Waals surface area contributed by atoms with E-state index in [2.05, 4.69) is 17.2 Å². The van der Waals surface area contributed by atoms with Crippen LogP contribution in [-0.4, -0.2) is 28.4 Å². The molecular weight excluding hydrogens is 264 g/mol. The van der Waals surface area contributed by atoms with Crippen molar-refractivity contribution in [3.05, 3.63) is 36.2 Å². The van der Waals surface area contributed by atoms with Crippen LogP contribution in [0.3, 0.4) is 0 Å². The molecule has 1 aromatic carbocycles. The molecule has 1 aromatic rings. The Hall–Kier alpha value is -1.95. The summed E-state index contributed by atoms with van der Waals surface area (Å²) in [7, 11) is 0. The smallest absolute Gasteiger partial charge is 0.304 e. The Morgan fingerprint density at radius 3 is 2.74 bits per heavy atom. The number of nitrogens with one attached hydrogen (secondary N) is 2. The predicted octanol–water partition coefficient (Wildman–Crippen LogP) is 2.39. The molecule has 3 N–H and O–H groups in total. The number of carbonyl (C=O) groups is 2. The van der Waals surface area contributed by atoms with Gasteiger partial charge in [0.05, 0.1) is 23.5 Å². The van der Waals surface area contributed by atoms with E-state index in [9.17, 15) is 9.59 Å². The molecular formula is C13H14N2O3S. The number of rotatable bonds is 6. The number of aliphatic carboxylic acids is 1. The van der Waals surface area contributed by atoms with E-state index in [1.807, 2.05) is 6.07 Å². The Morgan fingerprint density at radius 2 is 2.00 bits per heavy atom. The van der Waals surface area contributed by atoms with E-state index >= 15 is 0 Å². The topological polar surface area (TPSA) is 78.4 Å². The molecule has 0 aliphatic carbocycles. The first-order valence-corrected chi connectivity index (χ1v) is 6.91. The van der Waals surface area contributed by atoms with Crippen molar-refractivity contribution in [3.8, 4) is 0 Å². The van der Waals surface area contributed by atoms with Crippen molar-refractivity contribution in [2.75, 3.05) is 22.1 Å². The number of carbonyl (C=O) groups excluding carboxylic acids is 1. The summed E-state index contributed by atoms with van der Waals surface area (Å²) in [5, 5.41) is 14.6. The van der Waals surface area contributed by atoms with Crippen LogP contribution in [0.15, 0.2) is 30.6 Å². The Labute approximate surface area is 115 Å². The molecule has 0 bridgehead atoms. The van der Waals surface area contributed by atoms with E-state index in [4.69, 9.17) is 5.11 Å². The molecule has 0 spiro atoms. The van der Waals surface area contributed by atoms with Gasteiger partial charge in [0.15, 0.2) is 5.78 Å². The quantitative estimate of drug-likeness (QED) is 0.548. The van der Waals surface area contributed by atoms with Gasteiger partial charge in [-0.25, -0.2) is 0 Å². The number of anilines is 2. The highest BCUT2D eigenvalue weighted by atomic mass is 32.2. The molecule has 0 fully saturated rings. The molecule has 0 saturated heterocycles. The van der Waals surface area contributed by atoms with Crippen LogP contribution >= 0.6 is 11.8 Å². The Balaban J connectivity index is 1.91. The summed E-state index contributed by atoms with van der Waals surface area (Å²) in [5.41, 5.74) is 2.36.